The second-order valence-electron chi connectivity index (χ2n) is 4.37. The summed E-state index contributed by atoms with van der Waals surface area (Å²) in [4.78, 5) is 0. The first-order valence-corrected chi connectivity index (χ1v) is 6.41. The Kier molecular flexibility index (Phi) is 7.43. The highest BCUT2D eigenvalue weighted by atomic mass is 16.5. The molecule has 96 valence electrons. The number of para-hydroxylation sites is 1. The average Bonchev–Trinajstić information content (AvgIpc) is 2.33. The fourth-order valence-corrected chi connectivity index (χ4v) is 1.48. The molecule has 0 radical (unpaired) electrons. The summed E-state index contributed by atoms with van der Waals surface area (Å²) < 4.78 is 5.60. The van der Waals surface area contributed by atoms with Crippen molar-refractivity contribution in [2.24, 2.45) is 0 Å². The van der Waals surface area contributed by atoms with Crippen LogP contribution < -0.4 is 15.4 Å². The molecule has 17 heavy (non-hydrogen) atoms. The van der Waals surface area contributed by atoms with Gasteiger partial charge in [0.2, 0.25) is 0 Å². The van der Waals surface area contributed by atoms with Crippen molar-refractivity contribution < 1.29 is 4.74 Å². The lowest BCUT2D eigenvalue weighted by Crippen LogP contribution is -2.32. The Labute approximate surface area is 105 Å². The minimum absolute atomic E-state index is 0.568. The maximum absolute atomic E-state index is 5.60. The van der Waals surface area contributed by atoms with Crippen LogP contribution in [0.4, 0.5) is 0 Å². The van der Waals surface area contributed by atoms with E-state index in [4.69, 9.17) is 4.74 Å². The molecule has 0 fully saturated rings. The Morgan fingerprint density at radius 1 is 1.06 bits per heavy atom. The molecule has 1 aromatic rings. The molecule has 0 unspecified atom stereocenters. The summed E-state index contributed by atoms with van der Waals surface area (Å²) >= 11 is 0. The molecule has 0 atom stereocenters. The summed E-state index contributed by atoms with van der Waals surface area (Å²) in [6.45, 7) is 8.14. The van der Waals surface area contributed by atoms with Crippen molar-refractivity contribution in [2.75, 3.05) is 26.2 Å². The van der Waals surface area contributed by atoms with Crippen molar-refractivity contribution in [2.45, 2.75) is 26.3 Å². The zero-order chi connectivity index (χ0) is 12.3. The highest BCUT2D eigenvalue weighted by molar-refractivity contribution is 5.20. The van der Waals surface area contributed by atoms with Crippen LogP contribution in [0.25, 0.3) is 0 Å². The van der Waals surface area contributed by atoms with E-state index in [9.17, 15) is 0 Å². The first-order chi connectivity index (χ1) is 8.29. The van der Waals surface area contributed by atoms with E-state index >= 15 is 0 Å². The summed E-state index contributed by atoms with van der Waals surface area (Å²) in [5.74, 6) is 0.953. The first-order valence-electron chi connectivity index (χ1n) is 6.41. The van der Waals surface area contributed by atoms with Gasteiger partial charge in [0.1, 0.15) is 5.75 Å². The number of benzene rings is 1. The Bertz CT molecular complexity index is 275. The number of hydrogen-bond donors (Lipinski definition) is 2. The van der Waals surface area contributed by atoms with Gasteiger partial charge in [-0.1, -0.05) is 32.0 Å². The van der Waals surface area contributed by atoms with Crippen LogP contribution >= 0.6 is 0 Å². The fraction of sp³-hybridized carbons (Fsp3) is 0.571. The maximum atomic E-state index is 5.60. The molecular weight excluding hydrogens is 212 g/mol. The third kappa shape index (κ3) is 7.77. The third-order valence-electron chi connectivity index (χ3n) is 2.36. The lowest BCUT2D eigenvalue weighted by atomic mass is 10.3. The molecule has 1 rings (SSSR count). The van der Waals surface area contributed by atoms with Crippen molar-refractivity contribution in [1.82, 2.24) is 10.6 Å². The largest absolute Gasteiger partial charge is 0.494 e. The second-order valence-corrected chi connectivity index (χ2v) is 4.37. The molecule has 3 heteroatoms. The zero-order valence-corrected chi connectivity index (χ0v) is 10.9. The van der Waals surface area contributed by atoms with E-state index in [0.29, 0.717) is 6.04 Å². The van der Waals surface area contributed by atoms with Gasteiger partial charge in [-0.15, -0.1) is 0 Å². The molecule has 0 aliphatic rings. The Morgan fingerprint density at radius 3 is 2.53 bits per heavy atom. The zero-order valence-electron chi connectivity index (χ0n) is 10.9. The molecule has 0 aliphatic heterocycles. The van der Waals surface area contributed by atoms with Gasteiger partial charge >= 0.3 is 0 Å². The van der Waals surface area contributed by atoms with E-state index in [1.54, 1.807) is 0 Å². The summed E-state index contributed by atoms with van der Waals surface area (Å²) in [6.07, 6.45) is 1.04. The van der Waals surface area contributed by atoms with Gasteiger partial charge in [-0.05, 0) is 25.1 Å². The maximum Gasteiger partial charge on any atom is 0.119 e. The minimum atomic E-state index is 0.568. The lowest BCUT2D eigenvalue weighted by molar-refractivity contribution is 0.308. The van der Waals surface area contributed by atoms with Crippen LogP contribution in [-0.2, 0) is 0 Å². The van der Waals surface area contributed by atoms with E-state index in [-0.39, 0.29) is 0 Å². The van der Waals surface area contributed by atoms with Gasteiger partial charge in [0.25, 0.3) is 0 Å². The summed E-state index contributed by atoms with van der Waals surface area (Å²) in [6, 6.07) is 10.5. The molecule has 0 saturated heterocycles. The quantitative estimate of drug-likeness (QED) is 0.644. The van der Waals surface area contributed by atoms with Crippen LogP contribution in [0, 0.1) is 0 Å². The summed E-state index contributed by atoms with van der Waals surface area (Å²) in [7, 11) is 0. The van der Waals surface area contributed by atoms with E-state index < -0.39 is 0 Å². The molecule has 0 saturated carbocycles. The van der Waals surface area contributed by atoms with Gasteiger partial charge < -0.3 is 15.4 Å². The number of ether oxygens (including phenoxy) is 1. The number of hydrogen-bond acceptors (Lipinski definition) is 3. The average molecular weight is 236 g/mol. The van der Waals surface area contributed by atoms with Crippen LogP contribution in [0.1, 0.15) is 20.3 Å². The van der Waals surface area contributed by atoms with Gasteiger partial charge in [0.15, 0.2) is 0 Å². The highest BCUT2D eigenvalue weighted by Gasteiger charge is 1.93. The first kappa shape index (κ1) is 14.0. The Morgan fingerprint density at radius 2 is 1.82 bits per heavy atom. The predicted octanol–water partition coefficient (Wildman–Crippen LogP) is 2.04. The molecule has 3 nitrogen and oxygen atoms in total. The van der Waals surface area contributed by atoms with E-state index in [1.807, 2.05) is 30.3 Å². The number of rotatable bonds is 9. The second kappa shape index (κ2) is 9.02. The van der Waals surface area contributed by atoms with Crippen LogP contribution in [0.2, 0.25) is 0 Å². The van der Waals surface area contributed by atoms with Crippen LogP contribution in [0.3, 0.4) is 0 Å². The van der Waals surface area contributed by atoms with Crippen molar-refractivity contribution in [3.63, 3.8) is 0 Å². The van der Waals surface area contributed by atoms with Crippen LogP contribution in [0.15, 0.2) is 30.3 Å². The van der Waals surface area contributed by atoms with Crippen molar-refractivity contribution in [3.05, 3.63) is 30.3 Å². The van der Waals surface area contributed by atoms with Crippen LogP contribution in [-0.4, -0.2) is 32.3 Å². The van der Waals surface area contributed by atoms with E-state index in [1.165, 1.54) is 0 Å². The molecule has 0 amide bonds. The minimum Gasteiger partial charge on any atom is -0.494 e. The van der Waals surface area contributed by atoms with E-state index in [2.05, 4.69) is 24.5 Å². The molecule has 0 bridgehead atoms. The topological polar surface area (TPSA) is 33.3 Å². The van der Waals surface area contributed by atoms with Crippen molar-refractivity contribution in [1.29, 1.82) is 0 Å². The van der Waals surface area contributed by atoms with Crippen LogP contribution in [0.5, 0.6) is 5.75 Å². The predicted molar refractivity (Wildman–Crippen MR) is 72.6 cm³/mol. The lowest BCUT2D eigenvalue weighted by Gasteiger charge is -2.09. The van der Waals surface area contributed by atoms with Crippen molar-refractivity contribution >= 4 is 0 Å². The molecule has 0 aromatic heterocycles. The smallest absolute Gasteiger partial charge is 0.119 e. The molecule has 2 N–H and O–H groups in total. The van der Waals surface area contributed by atoms with Gasteiger partial charge in [-0.2, -0.15) is 0 Å². The molecule has 1 aromatic carbocycles. The molecule has 0 spiro atoms. The van der Waals surface area contributed by atoms with E-state index in [0.717, 1.165) is 38.4 Å². The van der Waals surface area contributed by atoms with Gasteiger partial charge in [0, 0.05) is 19.1 Å². The van der Waals surface area contributed by atoms with Gasteiger partial charge in [-0.3, -0.25) is 0 Å². The number of nitrogens with one attached hydrogen (secondary N) is 2. The monoisotopic (exact) mass is 236 g/mol. The summed E-state index contributed by atoms with van der Waals surface area (Å²) in [5.41, 5.74) is 0. The standard InChI is InChI=1S/C14H24N2O/c1-13(2)16-11-10-15-9-6-12-17-14-7-4-3-5-8-14/h3-5,7-8,13,15-16H,6,9-12H2,1-2H3. The Hall–Kier alpha value is -1.06. The molecule has 0 aliphatic carbocycles. The van der Waals surface area contributed by atoms with Gasteiger partial charge in [0.05, 0.1) is 6.61 Å². The molecular formula is C14H24N2O. The highest BCUT2D eigenvalue weighted by Crippen LogP contribution is 2.07. The Balaban J connectivity index is 1.88. The van der Waals surface area contributed by atoms with Gasteiger partial charge in [-0.25, -0.2) is 0 Å². The van der Waals surface area contributed by atoms with Crippen molar-refractivity contribution in [3.8, 4) is 5.75 Å². The third-order valence-corrected chi connectivity index (χ3v) is 2.36. The fourth-order valence-electron chi connectivity index (χ4n) is 1.48. The SMILES string of the molecule is CC(C)NCCNCCCOc1ccccc1. The summed E-state index contributed by atoms with van der Waals surface area (Å²) in [5, 5.41) is 6.75. The normalized spacial score (nSPS) is 10.8. The molecule has 0 heterocycles.